The Morgan fingerprint density at radius 3 is 2.00 bits per heavy atom. The maximum atomic E-state index is 12.7. The summed E-state index contributed by atoms with van der Waals surface area (Å²) in [6.45, 7) is 3.01. The largest absolute Gasteiger partial charge is 0.416 e. The second kappa shape index (κ2) is 10.5. The molecular weight excluding hydrogens is 431 g/mol. The lowest BCUT2D eigenvalue weighted by Gasteiger charge is -2.41. The number of piperidine rings is 2. The van der Waals surface area contributed by atoms with Crippen LogP contribution in [0.3, 0.4) is 0 Å². The molecule has 2 amide bonds. The summed E-state index contributed by atoms with van der Waals surface area (Å²) in [7, 11) is 0. The minimum atomic E-state index is -4.40. The molecule has 1 N–H and O–H groups in total. The van der Waals surface area contributed by atoms with Crippen LogP contribution in [0.1, 0.15) is 73.7 Å². The van der Waals surface area contributed by atoms with E-state index < -0.39 is 11.7 Å². The van der Waals surface area contributed by atoms with Gasteiger partial charge in [-0.05, 0) is 75.9 Å². The molecule has 1 aliphatic carbocycles. The summed E-state index contributed by atoms with van der Waals surface area (Å²) in [6.07, 6.45) is 4.97. The van der Waals surface area contributed by atoms with Crippen molar-refractivity contribution in [3.05, 3.63) is 35.4 Å². The van der Waals surface area contributed by atoms with Crippen LogP contribution in [0.25, 0.3) is 0 Å². The smallest absolute Gasteiger partial charge is 0.353 e. The topological polar surface area (TPSA) is 52.7 Å². The Bertz CT molecular complexity index is 805. The summed E-state index contributed by atoms with van der Waals surface area (Å²) in [5.74, 6) is 0.114. The fourth-order valence-corrected chi connectivity index (χ4v) is 5.51. The minimum absolute atomic E-state index is 0.101. The number of carbonyl (C=O) groups excluding carboxylic acids is 2. The fourth-order valence-electron chi connectivity index (χ4n) is 5.51. The first-order valence-corrected chi connectivity index (χ1v) is 12.3. The highest BCUT2D eigenvalue weighted by Crippen LogP contribution is 2.30. The monoisotopic (exact) mass is 465 g/mol. The van der Waals surface area contributed by atoms with E-state index in [0.717, 1.165) is 63.7 Å². The van der Waals surface area contributed by atoms with Gasteiger partial charge in [-0.25, -0.2) is 0 Å². The van der Waals surface area contributed by atoms with Crippen molar-refractivity contribution in [3.63, 3.8) is 0 Å². The Hall–Kier alpha value is -2.09. The molecule has 0 aromatic heterocycles. The number of nitrogens with one attached hydrogen (secondary N) is 1. The van der Waals surface area contributed by atoms with Gasteiger partial charge in [0.1, 0.15) is 0 Å². The minimum Gasteiger partial charge on any atom is -0.353 e. The predicted molar refractivity (Wildman–Crippen MR) is 120 cm³/mol. The lowest BCUT2D eigenvalue weighted by molar-refractivity contribution is -0.137. The molecule has 2 aliphatic heterocycles. The van der Waals surface area contributed by atoms with Crippen molar-refractivity contribution < 1.29 is 22.8 Å². The molecule has 4 rings (SSSR count). The van der Waals surface area contributed by atoms with E-state index in [1.165, 1.54) is 31.4 Å². The number of rotatable bonds is 4. The molecule has 182 valence electrons. The van der Waals surface area contributed by atoms with Gasteiger partial charge in [0, 0.05) is 36.7 Å². The molecule has 0 atom stereocenters. The molecule has 1 saturated carbocycles. The molecule has 2 heterocycles. The van der Waals surface area contributed by atoms with Crippen molar-refractivity contribution in [1.82, 2.24) is 15.1 Å². The number of alkyl halides is 3. The molecule has 3 aliphatic rings. The summed E-state index contributed by atoms with van der Waals surface area (Å²) < 4.78 is 38.2. The Morgan fingerprint density at radius 2 is 1.42 bits per heavy atom. The van der Waals surface area contributed by atoms with Gasteiger partial charge in [-0.15, -0.1) is 0 Å². The van der Waals surface area contributed by atoms with Gasteiger partial charge >= 0.3 is 6.18 Å². The Labute approximate surface area is 193 Å². The van der Waals surface area contributed by atoms with Crippen LogP contribution in [0.4, 0.5) is 13.2 Å². The summed E-state index contributed by atoms with van der Waals surface area (Å²) in [4.78, 5) is 29.5. The molecule has 2 saturated heterocycles. The zero-order valence-electron chi connectivity index (χ0n) is 19.1. The van der Waals surface area contributed by atoms with Gasteiger partial charge in [-0.2, -0.15) is 13.2 Å². The first-order chi connectivity index (χ1) is 15.8. The van der Waals surface area contributed by atoms with Crippen LogP contribution in [-0.4, -0.2) is 59.9 Å². The maximum Gasteiger partial charge on any atom is 0.416 e. The van der Waals surface area contributed by atoms with E-state index >= 15 is 0 Å². The first kappa shape index (κ1) is 24.0. The zero-order valence-corrected chi connectivity index (χ0v) is 19.1. The quantitative estimate of drug-likeness (QED) is 0.714. The fraction of sp³-hybridized carbons (Fsp3) is 0.680. The van der Waals surface area contributed by atoms with E-state index in [2.05, 4.69) is 10.2 Å². The SMILES string of the molecule is O=C(NC1CCCCC1)C1CCN(C2CCN(C(=O)c3ccc(C(F)(F)F)cc3)CC2)CC1. The molecule has 3 fully saturated rings. The average Bonchev–Trinajstić information content (AvgIpc) is 2.84. The van der Waals surface area contributed by atoms with Crippen molar-refractivity contribution in [2.24, 2.45) is 5.92 Å². The van der Waals surface area contributed by atoms with Crippen LogP contribution in [0.2, 0.25) is 0 Å². The lowest BCUT2D eigenvalue weighted by Crippen LogP contribution is -2.50. The number of carbonyl (C=O) groups is 2. The van der Waals surface area contributed by atoms with Crippen molar-refractivity contribution >= 4 is 11.8 Å². The van der Waals surface area contributed by atoms with E-state index in [1.807, 2.05) is 0 Å². The van der Waals surface area contributed by atoms with E-state index in [0.29, 0.717) is 30.7 Å². The Morgan fingerprint density at radius 1 is 0.818 bits per heavy atom. The number of hydrogen-bond acceptors (Lipinski definition) is 3. The Balaban J connectivity index is 1.21. The molecular formula is C25H34F3N3O2. The number of hydrogen-bond donors (Lipinski definition) is 1. The number of amides is 2. The number of halogens is 3. The first-order valence-electron chi connectivity index (χ1n) is 12.3. The normalized spacial score (nSPS) is 22.3. The van der Waals surface area contributed by atoms with Crippen LogP contribution >= 0.6 is 0 Å². The summed E-state index contributed by atoms with van der Waals surface area (Å²) in [6, 6.07) is 5.21. The Kier molecular flexibility index (Phi) is 7.62. The zero-order chi connectivity index (χ0) is 23.4. The standard InChI is InChI=1S/C25H34F3N3O2/c26-25(27,28)20-8-6-19(7-9-20)24(33)31-16-12-22(13-17-31)30-14-10-18(11-15-30)23(32)29-21-4-2-1-3-5-21/h6-9,18,21-22H,1-5,10-17H2,(H,29,32). The lowest BCUT2D eigenvalue weighted by atomic mass is 9.91. The molecule has 0 radical (unpaired) electrons. The van der Waals surface area contributed by atoms with E-state index in [9.17, 15) is 22.8 Å². The highest BCUT2D eigenvalue weighted by molar-refractivity contribution is 5.94. The molecule has 0 spiro atoms. The van der Waals surface area contributed by atoms with Crippen molar-refractivity contribution in [2.75, 3.05) is 26.2 Å². The van der Waals surface area contributed by atoms with Gasteiger partial charge in [-0.1, -0.05) is 19.3 Å². The van der Waals surface area contributed by atoms with Crippen LogP contribution < -0.4 is 5.32 Å². The van der Waals surface area contributed by atoms with Crippen LogP contribution in [0.5, 0.6) is 0 Å². The van der Waals surface area contributed by atoms with Gasteiger partial charge in [0.15, 0.2) is 0 Å². The van der Waals surface area contributed by atoms with Gasteiger partial charge < -0.3 is 15.1 Å². The summed E-state index contributed by atoms with van der Waals surface area (Å²) >= 11 is 0. The summed E-state index contributed by atoms with van der Waals surface area (Å²) in [5, 5.41) is 3.26. The van der Waals surface area contributed by atoms with Crippen LogP contribution in [-0.2, 0) is 11.0 Å². The van der Waals surface area contributed by atoms with Crippen molar-refractivity contribution in [2.45, 2.75) is 76.0 Å². The number of likely N-dealkylation sites (tertiary alicyclic amines) is 2. The highest BCUT2D eigenvalue weighted by Gasteiger charge is 2.33. The van der Waals surface area contributed by atoms with Gasteiger partial charge in [0.2, 0.25) is 5.91 Å². The molecule has 33 heavy (non-hydrogen) atoms. The average molecular weight is 466 g/mol. The maximum absolute atomic E-state index is 12.7. The molecule has 0 unspecified atom stereocenters. The van der Waals surface area contributed by atoms with Crippen LogP contribution in [0, 0.1) is 5.92 Å². The van der Waals surface area contributed by atoms with E-state index in [-0.39, 0.29) is 17.7 Å². The van der Waals surface area contributed by atoms with Gasteiger partial charge in [0.05, 0.1) is 5.56 Å². The second-order valence-corrected chi connectivity index (χ2v) is 9.75. The molecule has 1 aromatic rings. The predicted octanol–water partition coefficient (Wildman–Crippen LogP) is 4.47. The van der Waals surface area contributed by atoms with Crippen molar-refractivity contribution in [1.29, 1.82) is 0 Å². The second-order valence-electron chi connectivity index (χ2n) is 9.75. The number of nitrogens with zero attached hydrogens (tertiary/aromatic N) is 2. The van der Waals surface area contributed by atoms with E-state index in [1.54, 1.807) is 4.90 Å². The molecule has 8 heteroatoms. The van der Waals surface area contributed by atoms with Crippen molar-refractivity contribution in [3.8, 4) is 0 Å². The summed E-state index contributed by atoms with van der Waals surface area (Å²) in [5.41, 5.74) is -0.445. The third-order valence-electron chi connectivity index (χ3n) is 7.58. The molecule has 0 bridgehead atoms. The van der Waals surface area contributed by atoms with Gasteiger partial charge in [0.25, 0.3) is 5.91 Å². The van der Waals surface area contributed by atoms with Gasteiger partial charge in [-0.3, -0.25) is 9.59 Å². The van der Waals surface area contributed by atoms with Crippen LogP contribution in [0.15, 0.2) is 24.3 Å². The molecule has 1 aromatic carbocycles. The third kappa shape index (κ3) is 6.08. The third-order valence-corrected chi connectivity index (χ3v) is 7.58. The van der Waals surface area contributed by atoms with E-state index in [4.69, 9.17) is 0 Å². The number of benzene rings is 1. The molecule has 5 nitrogen and oxygen atoms in total. The highest BCUT2D eigenvalue weighted by atomic mass is 19.4.